The summed E-state index contributed by atoms with van der Waals surface area (Å²) in [5, 5.41) is 22.6. The van der Waals surface area contributed by atoms with E-state index in [0.717, 1.165) is 32.1 Å². The van der Waals surface area contributed by atoms with E-state index in [1.807, 2.05) is 0 Å². The molecule has 0 fully saturated rings. The Morgan fingerprint density at radius 1 is 0.513 bits per heavy atom. The molecular formula is C35H71NO3. The van der Waals surface area contributed by atoms with Gasteiger partial charge in [0.1, 0.15) is 0 Å². The van der Waals surface area contributed by atoms with Crippen LogP contribution in [0.5, 0.6) is 0 Å². The zero-order valence-electron chi connectivity index (χ0n) is 26.7. The summed E-state index contributed by atoms with van der Waals surface area (Å²) in [6.45, 7) is 4.26. The van der Waals surface area contributed by atoms with E-state index in [-0.39, 0.29) is 12.5 Å². The van der Waals surface area contributed by atoms with Gasteiger partial charge in [0, 0.05) is 6.42 Å². The van der Waals surface area contributed by atoms with Gasteiger partial charge in [-0.25, -0.2) is 0 Å². The molecular weight excluding hydrogens is 482 g/mol. The normalized spacial score (nSPS) is 13.0. The van der Waals surface area contributed by atoms with Gasteiger partial charge in [-0.2, -0.15) is 0 Å². The van der Waals surface area contributed by atoms with Gasteiger partial charge >= 0.3 is 0 Å². The fourth-order valence-electron chi connectivity index (χ4n) is 5.59. The lowest BCUT2D eigenvalue weighted by atomic mass is 10.0. The second-order valence-electron chi connectivity index (χ2n) is 12.3. The van der Waals surface area contributed by atoms with Gasteiger partial charge in [0.15, 0.2) is 0 Å². The van der Waals surface area contributed by atoms with Crippen molar-refractivity contribution < 1.29 is 15.0 Å². The van der Waals surface area contributed by atoms with E-state index in [4.69, 9.17) is 0 Å². The van der Waals surface area contributed by atoms with Crippen LogP contribution in [0.2, 0.25) is 0 Å². The average molecular weight is 554 g/mol. The van der Waals surface area contributed by atoms with Crippen LogP contribution in [0.3, 0.4) is 0 Å². The van der Waals surface area contributed by atoms with Crippen molar-refractivity contribution in [3.05, 3.63) is 0 Å². The quantitative estimate of drug-likeness (QED) is 0.0726. The number of rotatable bonds is 32. The summed E-state index contributed by atoms with van der Waals surface area (Å²) in [5.74, 6) is -0.0369. The molecule has 3 N–H and O–H groups in total. The summed E-state index contributed by atoms with van der Waals surface area (Å²) in [4.78, 5) is 12.2. The molecule has 2 unspecified atom stereocenters. The number of hydrogen-bond donors (Lipinski definition) is 3. The number of aliphatic hydroxyl groups is 2. The highest BCUT2D eigenvalue weighted by atomic mass is 16.3. The Kier molecular flexibility index (Phi) is 31.4. The number of carbonyl (C=O) groups is 1. The highest BCUT2D eigenvalue weighted by molar-refractivity contribution is 5.76. The van der Waals surface area contributed by atoms with Gasteiger partial charge < -0.3 is 15.5 Å². The van der Waals surface area contributed by atoms with Crippen molar-refractivity contribution in [2.45, 2.75) is 212 Å². The third kappa shape index (κ3) is 28.7. The molecule has 0 saturated heterocycles. The topological polar surface area (TPSA) is 69.6 Å². The molecule has 0 heterocycles. The molecule has 4 nitrogen and oxygen atoms in total. The lowest BCUT2D eigenvalue weighted by Crippen LogP contribution is -2.45. The maximum atomic E-state index is 12.2. The van der Waals surface area contributed by atoms with E-state index in [2.05, 4.69) is 19.2 Å². The van der Waals surface area contributed by atoms with Crippen LogP contribution in [0.15, 0.2) is 0 Å². The van der Waals surface area contributed by atoms with Gasteiger partial charge in [-0.15, -0.1) is 0 Å². The third-order valence-corrected chi connectivity index (χ3v) is 8.37. The van der Waals surface area contributed by atoms with Crippen LogP contribution in [-0.2, 0) is 4.79 Å². The summed E-state index contributed by atoms with van der Waals surface area (Å²) in [6.07, 6.45) is 36.4. The molecule has 0 aliphatic rings. The Balaban J connectivity index is 3.33. The van der Waals surface area contributed by atoms with Crippen LogP contribution < -0.4 is 5.32 Å². The van der Waals surface area contributed by atoms with Crippen LogP contribution in [0.1, 0.15) is 200 Å². The number of aliphatic hydroxyl groups excluding tert-OH is 2. The molecule has 0 rings (SSSR count). The Labute approximate surface area is 244 Å². The summed E-state index contributed by atoms with van der Waals surface area (Å²) >= 11 is 0. The molecule has 0 aromatic carbocycles. The van der Waals surface area contributed by atoms with E-state index in [1.165, 1.54) is 141 Å². The lowest BCUT2D eigenvalue weighted by Gasteiger charge is -2.22. The van der Waals surface area contributed by atoms with Crippen LogP contribution in [0.25, 0.3) is 0 Å². The predicted molar refractivity (Wildman–Crippen MR) is 170 cm³/mol. The maximum absolute atomic E-state index is 12.2. The van der Waals surface area contributed by atoms with Crippen LogP contribution in [-0.4, -0.2) is 34.9 Å². The largest absolute Gasteiger partial charge is 0.394 e. The van der Waals surface area contributed by atoms with Gasteiger partial charge in [0.25, 0.3) is 0 Å². The number of carbonyl (C=O) groups excluding carboxylic acids is 1. The Hall–Kier alpha value is -0.610. The van der Waals surface area contributed by atoms with E-state index in [9.17, 15) is 15.0 Å². The first kappa shape index (κ1) is 38.4. The van der Waals surface area contributed by atoms with Crippen molar-refractivity contribution >= 4 is 5.91 Å². The molecule has 1 amide bonds. The number of unbranched alkanes of at least 4 members (excludes halogenated alkanes) is 25. The molecule has 2 atom stereocenters. The Bertz CT molecular complexity index is 485. The molecule has 4 heteroatoms. The van der Waals surface area contributed by atoms with E-state index >= 15 is 0 Å². The smallest absolute Gasteiger partial charge is 0.220 e. The SMILES string of the molecule is CCCCCCCCCCCCCCCCCCCCCCCCCC(=O)NC(CO)C(O)CCCCCC. The lowest BCUT2D eigenvalue weighted by molar-refractivity contribution is -0.123. The minimum Gasteiger partial charge on any atom is -0.394 e. The minimum atomic E-state index is -0.648. The molecule has 0 saturated carbocycles. The van der Waals surface area contributed by atoms with Gasteiger partial charge in [-0.05, 0) is 12.8 Å². The van der Waals surface area contributed by atoms with Crippen molar-refractivity contribution in [1.82, 2.24) is 5.32 Å². The number of nitrogens with one attached hydrogen (secondary N) is 1. The Morgan fingerprint density at radius 2 is 0.821 bits per heavy atom. The van der Waals surface area contributed by atoms with Crippen LogP contribution in [0, 0.1) is 0 Å². The molecule has 234 valence electrons. The maximum Gasteiger partial charge on any atom is 0.220 e. The van der Waals surface area contributed by atoms with Crippen LogP contribution >= 0.6 is 0 Å². The molecule has 0 bridgehead atoms. The van der Waals surface area contributed by atoms with Crippen LogP contribution in [0.4, 0.5) is 0 Å². The average Bonchev–Trinajstić information content (AvgIpc) is 2.94. The number of hydrogen-bond acceptors (Lipinski definition) is 3. The molecule has 0 spiro atoms. The molecule has 0 aromatic rings. The van der Waals surface area contributed by atoms with Crippen molar-refractivity contribution in [3.63, 3.8) is 0 Å². The van der Waals surface area contributed by atoms with Gasteiger partial charge in [-0.1, -0.05) is 181 Å². The first-order chi connectivity index (χ1) is 19.2. The first-order valence-corrected chi connectivity index (χ1v) is 17.7. The van der Waals surface area contributed by atoms with Crippen molar-refractivity contribution in [2.24, 2.45) is 0 Å². The van der Waals surface area contributed by atoms with E-state index in [0.29, 0.717) is 12.8 Å². The molecule has 0 aromatic heterocycles. The van der Waals surface area contributed by atoms with Gasteiger partial charge in [0.2, 0.25) is 5.91 Å². The molecule has 0 radical (unpaired) electrons. The fraction of sp³-hybridized carbons (Fsp3) is 0.971. The third-order valence-electron chi connectivity index (χ3n) is 8.37. The van der Waals surface area contributed by atoms with Crippen molar-refractivity contribution in [3.8, 4) is 0 Å². The highest BCUT2D eigenvalue weighted by Gasteiger charge is 2.19. The number of amides is 1. The van der Waals surface area contributed by atoms with E-state index < -0.39 is 12.1 Å². The fourth-order valence-corrected chi connectivity index (χ4v) is 5.59. The second-order valence-corrected chi connectivity index (χ2v) is 12.3. The molecule has 0 aliphatic heterocycles. The summed E-state index contributed by atoms with van der Waals surface area (Å²) in [6, 6.07) is -0.524. The summed E-state index contributed by atoms with van der Waals surface area (Å²) in [7, 11) is 0. The second kappa shape index (κ2) is 31.9. The Morgan fingerprint density at radius 3 is 1.15 bits per heavy atom. The minimum absolute atomic E-state index is 0.0369. The molecule has 39 heavy (non-hydrogen) atoms. The zero-order chi connectivity index (χ0) is 28.7. The summed E-state index contributed by atoms with van der Waals surface area (Å²) < 4.78 is 0. The monoisotopic (exact) mass is 554 g/mol. The standard InChI is InChI=1S/C35H71NO3/c1-3-5-7-9-10-11-12-13-14-15-16-17-18-19-20-21-22-23-24-25-26-27-29-31-35(39)36-33(32-37)34(38)30-28-8-6-4-2/h33-34,37-38H,3-32H2,1-2H3,(H,36,39). The van der Waals surface area contributed by atoms with Crippen molar-refractivity contribution in [1.29, 1.82) is 0 Å². The van der Waals surface area contributed by atoms with Gasteiger partial charge in [0.05, 0.1) is 18.8 Å². The zero-order valence-corrected chi connectivity index (χ0v) is 26.7. The first-order valence-electron chi connectivity index (χ1n) is 17.7. The highest BCUT2D eigenvalue weighted by Crippen LogP contribution is 2.16. The summed E-state index contributed by atoms with van der Waals surface area (Å²) in [5.41, 5.74) is 0. The van der Waals surface area contributed by atoms with Gasteiger partial charge in [-0.3, -0.25) is 4.79 Å². The van der Waals surface area contributed by atoms with E-state index in [1.54, 1.807) is 0 Å². The predicted octanol–water partition coefficient (Wildman–Crippen LogP) is 10.2. The van der Waals surface area contributed by atoms with Crippen molar-refractivity contribution in [2.75, 3.05) is 6.61 Å². The molecule has 0 aliphatic carbocycles.